The second kappa shape index (κ2) is 4.52. The van der Waals surface area contributed by atoms with Crippen LogP contribution in [0.25, 0.3) is 0 Å². The number of unbranched alkanes of at least 4 members (excludes halogenated alkanes) is 1. The second-order valence-corrected chi connectivity index (χ2v) is 3.28. The summed E-state index contributed by atoms with van der Waals surface area (Å²) >= 11 is 0. The van der Waals surface area contributed by atoms with Crippen molar-refractivity contribution in [2.24, 2.45) is 5.73 Å². The number of nitrogens with zero attached hydrogens (tertiary/aromatic N) is 1. The fourth-order valence-corrected chi connectivity index (χ4v) is 1.52. The third kappa shape index (κ3) is 3.04. The number of hydrogen-bond donors (Lipinski definition) is 1. The Hall–Kier alpha value is -0.340. The first kappa shape index (κ1) is 8.75. The number of likely N-dealkylation sites (tertiary alicyclic amines) is 1. The number of allylic oxidation sites excluding steroid dienone is 1. The highest BCUT2D eigenvalue weighted by Gasteiger charge is 2.17. The Labute approximate surface area is 69.1 Å². The van der Waals surface area contributed by atoms with E-state index < -0.39 is 0 Å². The van der Waals surface area contributed by atoms with Gasteiger partial charge in [-0.25, -0.2) is 0 Å². The lowest BCUT2D eigenvalue weighted by Gasteiger charge is -2.13. The molecule has 1 atom stereocenters. The molecule has 0 spiro atoms. The van der Waals surface area contributed by atoms with E-state index in [0.717, 1.165) is 13.0 Å². The van der Waals surface area contributed by atoms with Gasteiger partial charge in [0.05, 0.1) is 0 Å². The van der Waals surface area contributed by atoms with Crippen molar-refractivity contribution in [3.8, 4) is 0 Å². The summed E-state index contributed by atoms with van der Waals surface area (Å²) < 4.78 is 0. The standard InChI is InChI=1S/C9H18N2/c1-2-3-4-6-11-7-5-9(10)8-11/h2,9H,1,3-8,10H2/t9-/m1/s1. The first-order chi connectivity index (χ1) is 5.33. The molecule has 0 unspecified atom stereocenters. The van der Waals surface area contributed by atoms with Crippen LogP contribution < -0.4 is 5.73 Å². The molecule has 0 aromatic rings. The third-order valence-corrected chi connectivity index (χ3v) is 2.19. The molecule has 2 N–H and O–H groups in total. The predicted octanol–water partition coefficient (Wildman–Crippen LogP) is 0.986. The molecule has 1 rings (SSSR count). The first-order valence-corrected chi connectivity index (χ1v) is 4.42. The molecule has 1 saturated heterocycles. The third-order valence-electron chi connectivity index (χ3n) is 2.19. The summed E-state index contributed by atoms with van der Waals surface area (Å²) in [5.41, 5.74) is 5.77. The van der Waals surface area contributed by atoms with Crippen LogP contribution in [-0.2, 0) is 0 Å². The average Bonchev–Trinajstić information content (AvgIpc) is 2.37. The molecule has 0 radical (unpaired) electrons. The molecule has 0 bridgehead atoms. The summed E-state index contributed by atoms with van der Waals surface area (Å²) in [4.78, 5) is 2.44. The summed E-state index contributed by atoms with van der Waals surface area (Å²) in [6, 6.07) is 0.429. The Kier molecular flexibility index (Phi) is 3.60. The lowest BCUT2D eigenvalue weighted by Crippen LogP contribution is -2.27. The Morgan fingerprint density at radius 1 is 1.64 bits per heavy atom. The van der Waals surface area contributed by atoms with E-state index in [9.17, 15) is 0 Å². The van der Waals surface area contributed by atoms with Crippen LogP contribution in [0.3, 0.4) is 0 Å². The van der Waals surface area contributed by atoms with Gasteiger partial charge in [0, 0.05) is 12.6 Å². The fraction of sp³-hybridized carbons (Fsp3) is 0.778. The highest BCUT2D eigenvalue weighted by atomic mass is 15.2. The van der Waals surface area contributed by atoms with Gasteiger partial charge in [0.15, 0.2) is 0 Å². The molecule has 2 heteroatoms. The Bertz CT molecular complexity index is 123. The van der Waals surface area contributed by atoms with Crippen LogP contribution in [0.15, 0.2) is 12.7 Å². The molecule has 2 nitrogen and oxygen atoms in total. The van der Waals surface area contributed by atoms with Crippen LogP contribution in [0.1, 0.15) is 19.3 Å². The van der Waals surface area contributed by atoms with Crippen LogP contribution in [0.2, 0.25) is 0 Å². The average molecular weight is 154 g/mol. The van der Waals surface area contributed by atoms with Crippen molar-refractivity contribution >= 4 is 0 Å². The van der Waals surface area contributed by atoms with E-state index >= 15 is 0 Å². The zero-order chi connectivity index (χ0) is 8.10. The fourth-order valence-electron chi connectivity index (χ4n) is 1.52. The lowest BCUT2D eigenvalue weighted by atomic mass is 10.3. The summed E-state index contributed by atoms with van der Waals surface area (Å²) in [5, 5.41) is 0. The van der Waals surface area contributed by atoms with Crippen LogP contribution in [0, 0.1) is 0 Å². The van der Waals surface area contributed by atoms with Gasteiger partial charge in [-0.3, -0.25) is 0 Å². The number of hydrogen-bond acceptors (Lipinski definition) is 2. The van der Waals surface area contributed by atoms with Crippen molar-refractivity contribution in [2.75, 3.05) is 19.6 Å². The molecule has 0 aromatic carbocycles. The molecule has 0 saturated carbocycles. The van der Waals surface area contributed by atoms with E-state index in [0.29, 0.717) is 6.04 Å². The highest BCUT2D eigenvalue weighted by Crippen LogP contribution is 2.07. The molecular formula is C9H18N2. The van der Waals surface area contributed by atoms with Crippen LogP contribution in [0.4, 0.5) is 0 Å². The van der Waals surface area contributed by atoms with Crippen molar-refractivity contribution < 1.29 is 0 Å². The Balaban J connectivity index is 2.03. The second-order valence-electron chi connectivity index (χ2n) is 3.28. The molecule has 1 heterocycles. The molecule has 64 valence electrons. The van der Waals surface area contributed by atoms with Crippen LogP contribution in [0.5, 0.6) is 0 Å². The highest BCUT2D eigenvalue weighted by molar-refractivity contribution is 4.78. The van der Waals surface area contributed by atoms with Crippen molar-refractivity contribution in [1.82, 2.24) is 4.90 Å². The van der Waals surface area contributed by atoms with Gasteiger partial charge in [-0.15, -0.1) is 6.58 Å². The van der Waals surface area contributed by atoms with E-state index in [1.807, 2.05) is 6.08 Å². The smallest absolute Gasteiger partial charge is 0.0180 e. The van der Waals surface area contributed by atoms with E-state index in [4.69, 9.17) is 5.73 Å². The molecule has 1 aliphatic rings. The van der Waals surface area contributed by atoms with Gasteiger partial charge in [-0.05, 0) is 32.4 Å². The number of rotatable bonds is 4. The molecule has 0 aromatic heterocycles. The zero-order valence-corrected chi connectivity index (χ0v) is 7.13. The van der Waals surface area contributed by atoms with Gasteiger partial charge in [-0.2, -0.15) is 0 Å². The van der Waals surface area contributed by atoms with Gasteiger partial charge >= 0.3 is 0 Å². The van der Waals surface area contributed by atoms with E-state index in [1.54, 1.807) is 0 Å². The minimum atomic E-state index is 0.429. The Morgan fingerprint density at radius 2 is 2.45 bits per heavy atom. The van der Waals surface area contributed by atoms with Crippen LogP contribution in [-0.4, -0.2) is 30.6 Å². The normalized spacial score (nSPS) is 25.7. The Morgan fingerprint density at radius 3 is 3.00 bits per heavy atom. The van der Waals surface area contributed by atoms with Gasteiger partial charge in [0.1, 0.15) is 0 Å². The number of nitrogens with two attached hydrogens (primary N) is 1. The SMILES string of the molecule is C=CCCCN1CC[C@@H](N)C1. The van der Waals surface area contributed by atoms with Crippen LogP contribution >= 0.6 is 0 Å². The maximum Gasteiger partial charge on any atom is 0.0180 e. The maximum atomic E-state index is 5.77. The van der Waals surface area contributed by atoms with E-state index in [-0.39, 0.29) is 0 Å². The van der Waals surface area contributed by atoms with Crippen molar-refractivity contribution in [2.45, 2.75) is 25.3 Å². The van der Waals surface area contributed by atoms with E-state index in [2.05, 4.69) is 11.5 Å². The maximum absolute atomic E-state index is 5.77. The predicted molar refractivity (Wildman–Crippen MR) is 48.5 cm³/mol. The van der Waals surface area contributed by atoms with Crippen molar-refractivity contribution in [3.05, 3.63) is 12.7 Å². The van der Waals surface area contributed by atoms with Gasteiger partial charge in [-0.1, -0.05) is 6.08 Å². The monoisotopic (exact) mass is 154 g/mol. The first-order valence-electron chi connectivity index (χ1n) is 4.42. The molecule has 1 fully saturated rings. The topological polar surface area (TPSA) is 29.3 Å². The molecular weight excluding hydrogens is 136 g/mol. The summed E-state index contributed by atoms with van der Waals surface area (Å²) in [6.07, 6.45) is 5.52. The molecule has 0 amide bonds. The summed E-state index contributed by atoms with van der Waals surface area (Å²) in [7, 11) is 0. The lowest BCUT2D eigenvalue weighted by molar-refractivity contribution is 0.330. The van der Waals surface area contributed by atoms with Gasteiger partial charge in [0.25, 0.3) is 0 Å². The summed E-state index contributed by atoms with van der Waals surface area (Å²) in [5.74, 6) is 0. The van der Waals surface area contributed by atoms with E-state index in [1.165, 1.54) is 25.9 Å². The minimum absolute atomic E-state index is 0.429. The largest absolute Gasteiger partial charge is 0.326 e. The van der Waals surface area contributed by atoms with Gasteiger partial charge < -0.3 is 10.6 Å². The quantitative estimate of drug-likeness (QED) is 0.483. The molecule has 11 heavy (non-hydrogen) atoms. The molecule has 0 aliphatic carbocycles. The summed E-state index contributed by atoms with van der Waals surface area (Å²) in [6.45, 7) is 7.18. The van der Waals surface area contributed by atoms with Gasteiger partial charge in [0.2, 0.25) is 0 Å². The molecule has 1 aliphatic heterocycles. The zero-order valence-electron chi connectivity index (χ0n) is 7.13. The van der Waals surface area contributed by atoms with Crippen molar-refractivity contribution in [1.29, 1.82) is 0 Å². The minimum Gasteiger partial charge on any atom is -0.326 e. The van der Waals surface area contributed by atoms with Crippen molar-refractivity contribution in [3.63, 3.8) is 0 Å².